The number of rotatable bonds is 2. The molecular formula is C7H9IN2O2. The molecule has 1 heterocycles. The van der Waals surface area contributed by atoms with E-state index >= 15 is 0 Å². The summed E-state index contributed by atoms with van der Waals surface area (Å²) in [5, 5.41) is 2.59. The van der Waals surface area contributed by atoms with E-state index in [0.717, 1.165) is 0 Å². The molecule has 12 heavy (non-hydrogen) atoms. The Morgan fingerprint density at radius 1 is 1.75 bits per heavy atom. The van der Waals surface area contributed by atoms with Crippen molar-refractivity contribution in [3.05, 3.63) is 12.7 Å². The van der Waals surface area contributed by atoms with Crippen molar-refractivity contribution < 1.29 is 9.59 Å². The molecule has 0 bridgehead atoms. The van der Waals surface area contributed by atoms with Gasteiger partial charge in [-0.15, -0.1) is 6.58 Å². The maximum absolute atomic E-state index is 11.3. The van der Waals surface area contributed by atoms with Crippen LogP contribution in [0, 0.1) is 0 Å². The molecule has 0 aromatic heterocycles. The minimum absolute atomic E-state index is 0.0601. The molecule has 0 spiro atoms. The molecule has 0 aliphatic carbocycles. The normalized spacial score (nSPS) is 23.8. The summed E-state index contributed by atoms with van der Waals surface area (Å²) in [4.78, 5) is 22.3. The largest absolute Gasteiger partial charge is 0.342 e. The lowest BCUT2D eigenvalue weighted by atomic mass is 10.1. The van der Waals surface area contributed by atoms with Crippen molar-refractivity contribution in [2.24, 2.45) is 0 Å². The molecular weight excluding hydrogens is 271 g/mol. The van der Waals surface area contributed by atoms with Crippen molar-refractivity contribution in [1.82, 2.24) is 8.43 Å². The fourth-order valence-electron chi connectivity index (χ4n) is 1.00. The molecule has 1 unspecified atom stereocenters. The maximum Gasteiger partial charge on any atom is 0.254 e. The number of hydrogen-bond donors (Lipinski definition) is 1. The highest BCUT2D eigenvalue weighted by Crippen LogP contribution is 2.10. The predicted molar refractivity (Wildman–Crippen MR) is 52.5 cm³/mol. The third-order valence-corrected chi connectivity index (χ3v) is 2.37. The van der Waals surface area contributed by atoms with Gasteiger partial charge in [0.25, 0.3) is 5.91 Å². The molecule has 0 saturated carbocycles. The Balaban J connectivity index is 2.65. The van der Waals surface area contributed by atoms with Gasteiger partial charge >= 0.3 is 0 Å². The van der Waals surface area contributed by atoms with E-state index in [9.17, 15) is 9.59 Å². The topological polar surface area (TPSA) is 49.4 Å². The van der Waals surface area contributed by atoms with Gasteiger partial charge in [0, 0.05) is 0 Å². The molecule has 1 aliphatic heterocycles. The highest BCUT2D eigenvalue weighted by Gasteiger charge is 2.30. The quantitative estimate of drug-likeness (QED) is 0.447. The number of nitrogens with one attached hydrogen (secondary N) is 1. The zero-order valence-corrected chi connectivity index (χ0v) is 8.58. The van der Waals surface area contributed by atoms with Gasteiger partial charge in [0.2, 0.25) is 5.91 Å². The Labute approximate surface area is 84.5 Å². The Morgan fingerprint density at radius 3 is 3.00 bits per heavy atom. The standard InChI is InChI=1S/C7H9IN2O2/c1-2-3-5-7(12)10(8)4-6(11)9-5/h2,5H,1,3-4H2,(H,9,11). The molecule has 0 aromatic carbocycles. The maximum atomic E-state index is 11.3. The fraction of sp³-hybridized carbons (Fsp3) is 0.429. The monoisotopic (exact) mass is 280 g/mol. The van der Waals surface area contributed by atoms with E-state index in [1.807, 2.05) is 22.9 Å². The lowest BCUT2D eigenvalue weighted by molar-refractivity contribution is -0.137. The van der Waals surface area contributed by atoms with Crippen LogP contribution >= 0.6 is 22.9 Å². The number of hydrogen-bond acceptors (Lipinski definition) is 2. The van der Waals surface area contributed by atoms with Gasteiger partial charge in [0.05, 0.1) is 22.9 Å². The predicted octanol–water partition coefficient (Wildman–Crippen LogP) is 0.240. The van der Waals surface area contributed by atoms with E-state index < -0.39 is 6.04 Å². The van der Waals surface area contributed by atoms with E-state index in [0.29, 0.717) is 6.42 Å². The van der Waals surface area contributed by atoms with Gasteiger partial charge in [-0.2, -0.15) is 0 Å². The second-order valence-corrected chi connectivity index (χ2v) is 3.67. The number of amides is 2. The number of piperazine rings is 1. The zero-order chi connectivity index (χ0) is 9.14. The Hall–Kier alpha value is -0.590. The van der Waals surface area contributed by atoms with Crippen molar-refractivity contribution >= 4 is 34.7 Å². The van der Waals surface area contributed by atoms with E-state index in [2.05, 4.69) is 11.9 Å². The summed E-state index contributed by atoms with van der Waals surface area (Å²) in [5.74, 6) is -0.175. The number of carbonyl (C=O) groups excluding carboxylic acids is 2. The zero-order valence-electron chi connectivity index (χ0n) is 6.42. The fourth-order valence-corrected chi connectivity index (χ4v) is 1.65. The molecule has 1 fully saturated rings. The lowest BCUT2D eigenvalue weighted by Crippen LogP contribution is -2.54. The van der Waals surface area contributed by atoms with Crippen LogP contribution in [0.25, 0.3) is 0 Å². The number of halogens is 1. The summed E-state index contributed by atoms with van der Waals surface area (Å²) in [6.07, 6.45) is 2.11. The first-order valence-electron chi connectivity index (χ1n) is 3.52. The Kier molecular flexibility index (Phi) is 3.07. The van der Waals surface area contributed by atoms with Crippen molar-refractivity contribution in [3.63, 3.8) is 0 Å². The molecule has 66 valence electrons. The first-order chi connectivity index (χ1) is 5.65. The van der Waals surface area contributed by atoms with Gasteiger partial charge in [-0.05, 0) is 6.42 Å². The first-order valence-corrected chi connectivity index (χ1v) is 4.49. The molecule has 0 aromatic rings. The summed E-state index contributed by atoms with van der Waals surface area (Å²) in [5.41, 5.74) is 0. The molecule has 4 nitrogen and oxygen atoms in total. The number of carbonyl (C=O) groups is 2. The van der Waals surface area contributed by atoms with Crippen LogP contribution in [0.2, 0.25) is 0 Å². The van der Waals surface area contributed by atoms with Gasteiger partial charge in [0.1, 0.15) is 12.6 Å². The number of nitrogens with zero attached hydrogens (tertiary/aromatic N) is 1. The van der Waals surface area contributed by atoms with E-state index in [1.165, 1.54) is 3.11 Å². The molecule has 1 rings (SSSR count). The van der Waals surface area contributed by atoms with Gasteiger partial charge in [0.15, 0.2) is 0 Å². The van der Waals surface area contributed by atoms with Crippen molar-refractivity contribution in [3.8, 4) is 0 Å². The lowest BCUT2D eigenvalue weighted by Gasteiger charge is -2.27. The van der Waals surface area contributed by atoms with Crippen LogP contribution in [0.1, 0.15) is 6.42 Å². The third kappa shape index (κ3) is 1.96. The minimum atomic E-state index is -0.416. The van der Waals surface area contributed by atoms with Crippen LogP contribution in [-0.2, 0) is 9.59 Å². The molecule has 5 heteroatoms. The second kappa shape index (κ2) is 3.88. The van der Waals surface area contributed by atoms with Gasteiger partial charge in [-0.3, -0.25) is 12.7 Å². The molecule has 1 atom stereocenters. The highest BCUT2D eigenvalue weighted by molar-refractivity contribution is 14.1. The van der Waals surface area contributed by atoms with Crippen molar-refractivity contribution in [2.75, 3.05) is 6.54 Å². The molecule has 2 amide bonds. The minimum Gasteiger partial charge on any atom is -0.342 e. The average Bonchev–Trinajstić information content (AvgIpc) is 2.00. The molecule has 0 radical (unpaired) electrons. The molecule has 1 N–H and O–H groups in total. The van der Waals surface area contributed by atoms with E-state index in [-0.39, 0.29) is 18.4 Å². The first kappa shape index (κ1) is 9.50. The highest BCUT2D eigenvalue weighted by atomic mass is 127. The Morgan fingerprint density at radius 2 is 2.42 bits per heavy atom. The van der Waals surface area contributed by atoms with Crippen LogP contribution in [0.5, 0.6) is 0 Å². The summed E-state index contributed by atoms with van der Waals surface area (Å²) in [7, 11) is 0. The summed E-state index contributed by atoms with van der Waals surface area (Å²) >= 11 is 1.84. The van der Waals surface area contributed by atoms with E-state index in [4.69, 9.17) is 0 Å². The van der Waals surface area contributed by atoms with E-state index in [1.54, 1.807) is 6.08 Å². The van der Waals surface area contributed by atoms with Crippen LogP contribution in [0.4, 0.5) is 0 Å². The average molecular weight is 280 g/mol. The van der Waals surface area contributed by atoms with Crippen LogP contribution in [-0.4, -0.2) is 27.5 Å². The van der Waals surface area contributed by atoms with Crippen molar-refractivity contribution in [1.29, 1.82) is 0 Å². The van der Waals surface area contributed by atoms with Crippen LogP contribution in [0.3, 0.4) is 0 Å². The summed E-state index contributed by atoms with van der Waals surface area (Å²) < 4.78 is 1.39. The van der Waals surface area contributed by atoms with Gasteiger partial charge in [-0.1, -0.05) is 6.08 Å². The molecule has 1 aliphatic rings. The van der Waals surface area contributed by atoms with Gasteiger partial charge in [-0.25, -0.2) is 0 Å². The third-order valence-electron chi connectivity index (χ3n) is 1.56. The second-order valence-electron chi connectivity index (χ2n) is 2.50. The Bertz CT molecular complexity index is 229. The molecule has 1 saturated heterocycles. The summed E-state index contributed by atoms with van der Waals surface area (Å²) in [6.45, 7) is 3.66. The summed E-state index contributed by atoms with van der Waals surface area (Å²) in [6, 6.07) is -0.416. The van der Waals surface area contributed by atoms with Crippen LogP contribution in [0.15, 0.2) is 12.7 Å². The van der Waals surface area contributed by atoms with Crippen LogP contribution < -0.4 is 5.32 Å². The van der Waals surface area contributed by atoms with Gasteiger partial charge < -0.3 is 5.32 Å². The van der Waals surface area contributed by atoms with Crippen molar-refractivity contribution in [2.45, 2.75) is 12.5 Å². The SMILES string of the molecule is C=CCC1NC(=O)CN(I)C1=O. The smallest absolute Gasteiger partial charge is 0.254 e.